The molecular weight excluding hydrogens is 272 g/mol. The first kappa shape index (κ1) is 15.5. The summed E-state index contributed by atoms with van der Waals surface area (Å²) >= 11 is 6.14. The second-order valence-electron chi connectivity index (χ2n) is 5.67. The SMILES string of the molecule is CCN(CC)C1CCN(c2cc(Cl)nc(C(C)C)n2)C1. The molecule has 1 unspecified atom stereocenters. The van der Waals surface area contributed by atoms with Crippen LogP contribution in [0.5, 0.6) is 0 Å². The van der Waals surface area contributed by atoms with Gasteiger partial charge in [-0.25, -0.2) is 9.97 Å². The van der Waals surface area contributed by atoms with Gasteiger partial charge in [-0.2, -0.15) is 0 Å². The highest BCUT2D eigenvalue weighted by molar-refractivity contribution is 6.29. The minimum Gasteiger partial charge on any atom is -0.355 e. The van der Waals surface area contributed by atoms with Gasteiger partial charge in [-0.15, -0.1) is 0 Å². The molecule has 5 heteroatoms. The van der Waals surface area contributed by atoms with Crippen LogP contribution >= 0.6 is 11.6 Å². The third-order valence-electron chi connectivity index (χ3n) is 4.03. The molecule has 1 aromatic rings. The summed E-state index contributed by atoms with van der Waals surface area (Å²) in [5.41, 5.74) is 0. The van der Waals surface area contributed by atoms with Crippen molar-refractivity contribution in [1.82, 2.24) is 14.9 Å². The Morgan fingerprint density at radius 2 is 2.05 bits per heavy atom. The second kappa shape index (κ2) is 6.72. The number of nitrogens with zero attached hydrogens (tertiary/aromatic N) is 4. The fourth-order valence-electron chi connectivity index (χ4n) is 2.83. The van der Waals surface area contributed by atoms with Gasteiger partial charge < -0.3 is 4.90 Å². The molecule has 2 heterocycles. The standard InChI is InChI=1S/C15H25ClN4/c1-5-19(6-2)12-7-8-20(10-12)14-9-13(16)17-15(18-14)11(3)4/h9,11-12H,5-8,10H2,1-4H3. The number of halogens is 1. The van der Waals surface area contributed by atoms with Crippen molar-refractivity contribution in [3.63, 3.8) is 0 Å². The van der Waals surface area contributed by atoms with Gasteiger partial charge in [-0.1, -0.05) is 39.3 Å². The van der Waals surface area contributed by atoms with Crippen molar-refractivity contribution in [3.8, 4) is 0 Å². The average molecular weight is 297 g/mol. The Morgan fingerprint density at radius 3 is 2.65 bits per heavy atom. The smallest absolute Gasteiger partial charge is 0.135 e. The predicted molar refractivity (Wildman–Crippen MR) is 84.7 cm³/mol. The van der Waals surface area contributed by atoms with Crippen LogP contribution in [0.2, 0.25) is 5.15 Å². The molecule has 0 N–H and O–H groups in total. The van der Waals surface area contributed by atoms with Crippen molar-refractivity contribution >= 4 is 17.4 Å². The van der Waals surface area contributed by atoms with Crippen molar-refractivity contribution in [3.05, 3.63) is 17.0 Å². The Hall–Kier alpha value is -0.870. The lowest BCUT2D eigenvalue weighted by atomic mass is 10.2. The fourth-order valence-corrected chi connectivity index (χ4v) is 3.02. The van der Waals surface area contributed by atoms with Crippen molar-refractivity contribution in [1.29, 1.82) is 0 Å². The summed E-state index contributed by atoms with van der Waals surface area (Å²) < 4.78 is 0. The quantitative estimate of drug-likeness (QED) is 0.781. The van der Waals surface area contributed by atoms with Gasteiger partial charge in [0.05, 0.1) is 0 Å². The molecule has 1 aliphatic heterocycles. The molecule has 4 nitrogen and oxygen atoms in total. The third-order valence-corrected chi connectivity index (χ3v) is 4.22. The van der Waals surface area contributed by atoms with E-state index in [1.807, 2.05) is 6.07 Å². The van der Waals surface area contributed by atoms with Crippen LogP contribution in [0.25, 0.3) is 0 Å². The van der Waals surface area contributed by atoms with Crippen LogP contribution in [0.15, 0.2) is 6.07 Å². The van der Waals surface area contributed by atoms with E-state index in [1.54, 1.807) is 0 Å². The zero-order valence-electron chi connectivity index (χ0n) is 12.9. The molecule has 2 rings (SSSR count). The van der Waals surface area contributed by atoms with Crippen LogP contribution in [0.1, 0.15) is 45.9 Å². The van der Waals surface area contributed by atoms with E-state index in [-0.39, 0.29) is 0 Å². The summed E-state index contributed by atoms with van der Waals surface area (Å²) in [7, 11) is 0. The summed E-state index contributed by atoms with van der Waals surface area (Å²) in [6, 6.07) is 2.51. The lowest BCUT2D eigenvalue weighted by molar-refractivity contribution is 0.232. The first-order valence-electron chi connectivity index (χ1n) is 7.58. The first-order valence-corrected chi connectivity index (χ1v) is 7.96. The Kier molecular flexibility index (Phi) is 5.22. The number of rotatable bonds is 5. The van der Waals surface area contributed by atoms with Crippen LogP contribution in [-0.2, 0) is 0 Å². The van der Waals surface area contributed by atoms with Gasteiger partial charge in [-0.05, 0) is 19.5 Å². The number of hydrogen-bond acceptors (Lipinski definition) is 4. The number of hydrogen-bond donors (Lipinski definition) is 0. The zero-order valence-corrected chi connectivity index (χ0v) is 13.7. The van der Waals surface area contributed by atoms with E-state index in [1.165, 1.54) is 6.42 Å². The maximum atomic E-state index is 6.14. The topological polar surface area (TPSA) is 32.3 Å². The highest BCUT2D eigenvalue weighted by atomic mass is 35.5. The predicted octanol–water partition coefficient (Wildman–Crippen LogP) is 3.17. The van der Waals surface area contributed by atoms with E-state index in [4.69, 9.17) is 11.6 Å². The molecule has 112 valence electrons. The van der Waals surface area contributed by atoms with E-state index >= 15 is 0 Å². The largest absolute Gasteiger partial charge is 0.355 e. The zero-order chi connectivity index (χ0) is 14.7. The van der Waals surface area contributed by atoms with Crippen molar-refractivity contribution in [2.75, 3.05) is 31.1 Å². The van der Waals surface area contributed by atoms with Crippen LogP contribution in [0.4, 0.5) is 5.82 Å². The summed E-state index contributed by atoms with van der Waals surface area (Å²) in [4.78, 5) is 13.8. The van der Waals surface area contributed by atoms with E-state index in [0.717, 1.165) is 37.8 Å². The molecule has 0 aliphatic carbocycles. The second-order valence-corrected chi connectivity index (χ2v) is 6.06. The molecule has 0 aromatic carbocycles. The Bertz CT molecular complexity index is 445. The van der Waals surface area contributed by atoms with E-state index in [2.05, 4.69) is 47.5 Å². The maximum absolute atomic E-state index is 6.14. The molecule has 1 saturated heterocycles. The normalized spacial score (nSPS) is 19.4. The van der Waals surface area contributed by atoms with Crippen molar-refractivity contribution < 1.29 is 0 Å². The van der Waals surface area contributed by atoms with E-state index < -0.39 is 0 Å². The van der Waals surface area contributed by atoms with Crippen LogP contribution < -0.4 is 4.90 Å². The molecule has 1 fully saturated rings. The van der Waals surface area contributed by atoms with Gasteiger partial charge in [0.15, 0.2) is 0 Å². The molecule has 1 atom stereocenters. The maximum Gasteiger partial charge on any atom is 0.135 e. The molecular formula is C15H25ClN4. The molecule has 0 spiro atoms. The summed E-state index contributed by atoms with van der Waals surface area (Å²) in [5, 5.41) is 0.546. The van der Waals surface area contributed by atoms with E-state index in [9.17, 15) is 0 Å². The monoisotopic (exact) mass is 296 g/mol. The highest BCUT2D eigenvalue weighted by Crippen LogP contribution is 2.25. The molecule has 0 radical (unpaired) electrons. The summed E-state index contributed by atoms with van der Waals surface area (Å²) in [5.74, 6) is 2.11. The molecule has 0 bridgehead atoms. The van der Waals surface area contributed by atoms with Gasteiger partial charge in [0.1, 0.15) is 16.8 Å². The molecule has 20 heavy (non-hydrogen) atoms. The summed E-state index contributed by atoms with van der Waals surface area (Å²) in [6.07, 6.45) is 1.19. The van der Waals surface area contributed by atoms with Gasteiger partial charge in [0, 0.05) is 31.1 Å². The van der Waals surface area contributed by atoms with E-state index in [0.29, 0.717) is 17.1 Å². The Labute approximate surface area is 127 Å². The Balaban J connectivity index is 2.13. The molecule has 0 amide bonds. The van der Waals surface area contributed by atoms with Crippen molar-refractivity contribution in [2.45, 2.75) is 46.1 Å². The van der Waals surface area contributed by atoms with Crippen molar-refractivity contribution in [2.24, 2.45) is 0 Å². The lowest BCUT2D eigenvalue weighted by Crippen LogP contribution is -2.37. The summed E-state index contributed by atoms with van der Waals surface area (Å²) in [6.45, 7) is 12.9. The molecule has 1 aromatic heterocycles. The first-order chi connectivity index (χ1) is 9.55. The number of likely N-dealkylation sites (N-methyl/N-ethyl adjacent to an activating group) is 1. The highest BCUT2D eigenvalue weighted by Gasteiger charge is 2.27. The van der Waals surface area contributed by atoms with Gasteiger partial charge in [0.2, 0.25) is 0 Å². The van der Waals surface area contributed by atoms with Gasteiger partial charge in [-0.3, -0.25) is 4.90 Å². The number of aromatic nitrogens is 2. The van der Waals surface area contributed by atoms with Gasteiger partial charge in [0.25, 0.3) is 0 Å². The lowest BCUT2D eigenvalue weighted by Gasteiger charge is -2.26. The minimum absolute atomic E-state index is 0.300. The minimum atomic E-state index is 0.300. The fraction of sp³-hybridized carbons (Fsp3) is 0.733. The average Bonchev–Trinajstić information content (AvgIpc) is 2.89. The van der Waals surface area contributed by atoms with Crippen LogP contribution in [0, 0.1) is 0 Å². The van der Waals surface area contributed by atoms with Gasteiger partial charge >= 0.3 is 0 Å². The van der Waals surface area contributed by atoms with Crippen LogP contribution in [-0.4, -0.2) is 47.1 Å². The molecule has 0 saturated carbocycles. The number of anilines is 1. The Morgan fingerprint density at radius 1 is 1.35 bits per heavy atom. The van der Waals surface area contributed by atoms with Crippen LogP contribution in [0.3, 0.4) is 0 Å². The molecule has 1 aliphatic rings. The third kappa shape index (κ3) is 3.41.